The summed E-state index contributed by atoms with van der Waals surface area (Å²) in [7, 11) is 0. The molecule has 4 N–H and O–H groups in total. The zero-order valence-electron chi connectivity index (χ0n) is 9.74. The highest BCUT2D eigenvalue weighted by atomic mass is 15.3. The number of nitrogens with two attached hydrogens (primary N) is 1. The predicted octanol–water partition coefficient (Wildman–Crippen LogP) is 1.05. The van der Waals surface area contributed by atoms with Crippen LogP contribution in [-0.2, 0) is 6.42 Å². The van der Waals surface area contributed by atoms with Crippen molar-refractivity contribution in [3.8, 4) is 0 Å². The van der Waals surface area contributed by atoms with Gasteiger partial charge in [0.25, 0.3) is 0 Å². The van der Waals surface area contributed by atoms with Crippen molar-refractivity contribution in [3.63, 3.8) is 0 Å². The van der Waals surface area contributed by atoms with Gasteiger partial charge in [0.2, 0.25) is 5.96 Å². The van der Waals surface area contributed by atoms with Gasteiger partial charge in [-0.1, -0.05) is 30.3 Å². The smallest absolute Gasteiger partial charge is 0.205 e. The average Bonchev–Trinajstić information content (AvgIpc) is 2.34. The minimum Gasteiger partial charge on any atom is -0.356 e. The van der Waals surface area contributed by atoms with Gasteiger partial charge in [-0.2, -0.15) is 0 Å². The third-order valence-corrected chi connectivity index (χ3v) is 2.22. The molecule has 16 heavy (non-hydrogen) atoms. The van der Waals surface area contributed by atoms with Crippen LogP contribution in [0, 0.1) is 0 Å². The lowest BCUT2D eigenvalue weighted by atomic mass is 10.1. The predicted molar refractivity (Wildman–Crippen MR) is 68.1 cm³/mol. The molecule has 4 nitrogen and oxygen atoms in total. The molecule has 1 rings (SSSR count). The molecule has 88 valence electrons. The molecule has 0 saturated heterocycles. The SMILES string of the molecule is CCNC(=NCCCc1ccccc1)NN. The van der Waals surface area contributed by atoms with Crippen molar-refractivity contribution in [1.82, 2.24) is 10.7 Å². The molecule has 4 heteroatoms. The number of hydrogen-bond donors (Lipinski definition) is 3. The van der Waals surface area contributed by atoms with Crippen molar-refractivity contribution in [2.24, 2.45) is 10.8 Å². The number of benzene rings is 1. The summed E-state index contributed by atoms with van der Waals surface area (Å²) in [4.78, 5) is 4.32. The second-order valence-electron chi connectivity index (χ2n) is 3.49. The van der Waals surface area contributed by atoms with Gasteiger partial charge < -0.3 is 5.32 Å². The molecule has 0 atom stereocenters. The molecule has 0 unspecified atom stereocenters. The summed E-state index contributed by atoms with van der Waals surface area (Å²) in [6.07, 6.45) is 2.08. The molecule has 0 amide bonds. The second kappa shape index (κ2) is 7.70. The fourth-order valence-electron chi connectivity index (χ4n) is 1.44. The molecule has 0 spiro atoms. The van der Waals surface area contributed by atoms with E-state index in [0.717, 1.165) is 25.9 Å². The summed E-state index contributed by atoms with van der Waals surface area (Å²) in [5.74, 6) is 5.97. The number of aryl methyl sites for hydroxylation is 1. The fraction of sp³-hybridized carbons (Fsp3) is 0.417. The highest BCUT2D eigenvalue weighted by Gasteiger charge is 1.93. The van der Waals surface area contributed by atoms with Crippen LogP contribution in [-0.4, -0.2) is 19.0 Å². The Balaban J connectivity index is 2.25. The van der Waals surface area contributed by atoms with E-state index in [0.29, 0.717) is 5.96 Å². The number of guanidine groups is 1. The van der Waals surface area contributed by atoms with Gasteiger partial charge in [-0.25, -0.2) is 5.84 Å². The second-order valence-corrected chi connectivity index (χ2v) is 3.49. The molecule has 0 heterocycles. The summed E-state index contributed by atoms with van der Waals surface area (Å²) in [6, 6.07) is 10.4. The zero-order chi connectivity index (χ0) is 11.6. The Morgan fingerprint density at radius 1 is 1.31 bits per heavy atom. The van der Waals surface area contributed by atoms with E-state index in [-0.39, 0.29) is 0 Å². The van der Waals surface area contributed by atoms with Crippen LogP contribution in [0.4, 0.5) is 0 Å². The van der Waals surface area contributed by atoms with Crippen molar-refractivity contribution in [3.05, 3.63) is 35.9 Å². The number of aliphatic imine (C=N–C) groups is 1. The van der Waals surface area contributed by atoms with Crippen LogP contribution in [0.2, 0.25) is 0 Å². The number of nitrogens with zero attached hydrogens (tertiary/aromatic N) is 1. The summed E-state index contributed by atoms with van der Waals surface area (Å²) in [6.45, 7) is 3.61. The Bertz CT molecular complexity index is 308. The first kappa shape index (κ1) is 12.5. The fourth-order valence-corrected chi connectivity index (χ4v) is 1.44. The number of hydrogen-bond acceptors (Lipinski definition) is 2. The zero-order valence-corrected chi connectivity index (χ0v) is 9.74. The molecule has 1 aromatic rings. The third kappa shape index (κ3) is 4.79. The first-order chi connectivity index (χ1) is 7.86. The first-order valence-corrected chi connectivity index (χ1v) is 5.65. The van der Waals surface area contributed by atoms with Gasteiger partial charge in [0.05, 0.1) is 0 Å². The Hall–Kier alpha value is -1.55. The molecule has 0 aromatic heterocycles. The van der Waals surface area contributed by atoms with Gasteiger partial charge in [0, 0.05) is 13.1 Å². The molecule has 0 radical (unpaired) electrons. The van der Waals surface area contributed by atoms with Crippen molar-refractivity contribution in [1.29, 1.82) is 0 Å². The molecule has 0 aliphatic heterocycles. The molecular weight excluding hydrogens is 200 g/mol. The Kier molecular flexibility index (Phi) is 6.03. The summed E-state index contributed by atoms with van der Waals surface area (Å²) in [5.41, 5.74) is 3.89. The van der Waals surface area contributed by atoms with Crippen LogP contribution in [0.3, 0.4) is 0 Å². The topological polar surface area (TPSA) is 62.4 Å². The maximum absolute atomic E-state index is 5.31. The maximum atomic E-state index is 5.31. The lowest BCUT2D eigenvalue weighted by Gasteiger charge is -2.06. The Morgan fingerprint density at radius 2 is 2.06 bits per heavy atom. The minimum absolute atomic E-state index is 0.663. The van der Waals surface area contributed by atoms with Crippen LogP contribution in [0.15, 0.2) is 35.3 Å². The van der Waals surface area contributed by atoms with E-state index in [2.05, 4.69) is 40.0 Å². The van der Waals surface area contributed by atoms with E-state index in [4.69, 9.17) is 5.84 Å². The first-order valence-electron chi connectivity index (χ1n) is 5.65. The van der Waals surface area contributed by atoms with Gasteiger partial charge in [-0.05, 0) is 25.3 Å². The molecule has 0 fully saturated rings. The van der Waals surface area contributed by atoms with Crippen LogP contribution in [0.25, 0.3) is 0 Å². The quantitative estimate of drug-likeness (QED) is 0.228. The van der Waals surface area contributed by atoms with Gasteiger partial charge in [0.1, 0.15) is 0 Å². The van der Waals surface area contributed by atoms with Crippen LogP contribution in [0.1, 0.15) is 18.9 Å². The minimum atomic E-state index is 0.663. The van der Waals surface area contributed by atoms with E-state index >= 15 is 0 Å². The van der Waals surface area contributed by atoms with E-state index < -0.39 is 0 Å². The summed E-state index contributed by atoms with van der Waals surface area (Å²) in [5, 5.41) is 3.04. The van der Waals surface area contributed by atoms with E-state index in [9.17, 15) is 0 Å². The van der Waals surface area contributed by atoms with Crippen molar-refractivity contribution >= 4 is 5.96 Å². The largest absolute Gasteiger partial charge is 0.356 e. The molecule has 0 saturated carbocycles. The van der Waals surface area contributed by atoms with Crippen molar-refractivity contribution < 1.29 is 0 Å². The van der Waals surface area contributed by atoms with Crippen molar-refractivity contribution in [2.45, 2.75) is 19.8 Å². The highest BCUT2D eigenvalue weighted by molar-refractivity contribution is 5.78. The molecular formula is C12H20N4. The van der Waals surface area contributed by atoms with E-state index in [1.807, 2.05) is 13.0 Å². The average molecular weight is 220 g/mol. The lowest BCUT2D eigenvalue weighted by Crippen LogP contribution is -2.41. The third-order valence-electron chi connectivity index (χ3n) is 2.22. The van der Waals surface area contributed by atoms with E-state index in [1.165, 1.54) is 5.56 Å². The normalized spacial score (nSPS) is 11.2. The Labute approximate surface area is 96.9 Å². The van der Waals surface area contributed by atoms with Gasteiger partial charge in [-0.15, -0.1) is 0 Å². The van der Waals surface area contributed by atoms with Crippen LogP contribution >= 0.6 is 0 Å². The van der Waals surface area contributed by atoms with Crippen LogP contribution < -0.4 is 16.6 Å². The number of nitrogens with one attached hydrogen (secondary N) is 2. The molecule has 0 aliphatic rings. The number of rotatable bonds is 5. The van der Waals surface area contributed by atoms with Gasteiger partial charge in [0.15, 0.2) is 0 Å². The maximum Gasteiger partial charge on any atom is 0.205 e. The monoisotopic (exact) mass is 220 g/mol. The van der Waals surface area contributed by atoms with Gasteiger partial charge in [-0.3, -0.25) is 10.4 Å². The molecule has 0 bridgehead atoms. The molecule has 1 aromatic carbocycles. The summed E-state index contributed by atoms with van der Waals surface area (Å²) >= 11 is 0. The highest BCUT2D eigenvalue weighted by Crippen LogP contribution is 2.01. The van der Waals surface area contributed by atoms with Gasteiger partial charge >= 0.3 is 0 Å². The van der Waals surface area contributed by atoms with Crippen LogP contribution in [0.5, 0.6) is 0 Å². The molecule has 0 aliphatic carbocycles. The number of hydrazine groups is 1. The summed E-state index contributed by atoms with van der Waals surface area (Å²) < 4.78 is 0. The Morgan fingerprint density at radius 3 is 2.69 bits per heavy atom. The van der Waals surface area contributed by atoms with E-state index in [1.54, 1.807) is 0 Å². The standard InChI is InChI=1S/C12H20N4/c1-2-14-12(16-13)15-10-6-9-11-7-4-3-5-8-11/h3-5,7-8H,2,6,9-10,13H2,1H3,(H2,14,15,16). The van der Waals surface area contributed by atoms with Crippen molar-refractivity contribution in [2.75, 3.05) is 13.1 Å². The lowest BCUT2D eigenvalue weighted by molar-refractivity contribution is 0.799.